The Balaban J connectivity index is 3.26. The highest BCUT2D eigenvalue weighted by atomic mass is 32.2. The van der Waals surface area contributed by atoms with Crippen molar-refractivity contribution in [3.63, 3.8) is 0 Å². The van der Waals surface area contributed by atoms with Crippen LogP contribution in [0.1, 0.15) is 20.3 Å². The topological polar surface area (TPSA) is 37.3 Å². The average molecular weight is 162 g/mol. The third-order valence-electron chi connectivity index (χ3n) is 0.929. The lowest BCUT2D eigenvalue weighted by atomic mass is 10.2. The Hall–Kier alpha value is -0.0200. The van der Waals surface area contributed by atoms with Crippen LogP contribution in [0.5, 0.6) is 0 Å². The van der Waals surface area contributed by atoms with E-state index in [4.69, 9.17) is 5.11 Å². The number of rotatable bonds is 4. The maximum absolute atomic E-state index is 10.9. The van der Waals surface area contributed by atoms with Gasteiger partial charge in [0.1, 0.15) is 0 Å². The van der Waals surface area contributed by atoms with E-state index in [2.05, 4.69) is 0 Å². The molecule has 0 rings (SSSR count). The summed E-state index contributed by atoms with van der Waals surface area (Å²) >= 11 is 1.22. The van der Waals surface area contributed by atoms with Crippen molar-refractivity contribution in [3.05, 3.63) is 0 Å². The standard InChI is InChI=1S/C7H14O2S/c1-6(2)5-7(9)10-4-3-8/h6,8H,3-5H2,1-2H3. The van der Waals surface area contributed by atoms with Crippen LogP contribution in [0.4, 0.5) is 0 Å². The van der Waals surface area contributed by atoms with Gasteiger partial charge in [-0.05, 0) is 5.92 Å². The van der Waals surface area contributed by atoms with Gasteiger partial charge in [0, 0.05) is 12.2 Å². The van der Waals surface area contributed by atoms with E-state index in [-0.39, 0.29) is 11.7 Å². The van der Waals surface area contributed by atoms with E-state index in [9.17, 15) is 4.79 Å². The fourth-order valence-corrected chi connectivity index (χ4v) is 1.32. The molecule has 0 aromatic carbocycles. The van der Waals surface area contributed by atoms with Crippen LogP contribution in [0.3, 0.4) is 0 Å². The minimum Gasteiger partial charge on any atom is -0.396 e. The summed E-state index contributed by atoms with van der Waals surface area (Å²) in [5, 5.41) is 8.56. The first-order valence-corrected chi connectivity index (χ1v) is 4.42. The van der Waals surface area contributed by atoms with Crippen LogP contribution in [0, 0.1) is 5.92 Å². The van der Waals surface area contributed by atoms with Crippen molar-refractivity contribution in [2.24, 2.45) is 5.92 Å². The smallest absolute Gasteiger partial charge is 0.189 e. The highest BCUT2D eigenvalue weighted by Crippen LogP contribution is 2.09. The van der Waals surface area contributed by atoms with Crippen LogP contribution in [-0.4, -0.2) is 22.6 Å². The molecule has 1 N–H and O–H groups in total. The van der Waals surface area contributed by atoms with Gasteiger partial charge in [-0.25, -0.2) is 0 Å². The Morgan fingerprint density at radius 2 is 2.20 bits per heavy atom. The number of thioether (sulfide) groups is 1. The van der Waals surface area contributed by atoms with E-state index in [0.29, 0.717) is 18.1 Å². The summed E-state index contributed by atoms with van der Waals surface area (Å²) in [6, 6.07) is 0. The summed E-state index contributed by atoms with van der Waals surface area (Å²) in [4.78, 5) is 10.9. The summed E-state index contributed by atoms with van der Waals surface area (Å²) in [6.07, 6.45) is 0.616. The number of hydrogen-bond acceptors (Lipinski definition) is 3. The second-order valence-electron chi connectivity index (χ2n) is 2.54. The van der Waals surface area contributed by atoms with Gasteiger partial charge in [-0.3, -0.25) is 4.79 Å². The largest absolute Gasteiger partial charge is 0.396 e. The van der Waals surface area contributed by atoms with Crippen molar-refractivity contribution in [2.45, 2.75) is 20.3 Å². The Morgan fingerprint density at radius 3 is 2.60 bits per heavy atom. The van der Waals surface area contributed by atoms with Gasteiger partial charge >= 0.3 is 0 Å². The van der Waals surface area contributed by atoms with E-state index in [1.54, 1.807) is 0 Å². The predicted octanol–water partition coefficient (Wildman–Crippen LogP) is 1.28. The summed E-state index contributed by atoms with van der Waals surface area (Å²) in [5.41, 5.74) is 0. The molecule has 0 aromatic heterocycles. The third kappa shape index (κ3) is 6.11. The minimum absolute atomic E-state index is 0.0918. The van der Waals surface area contributed by atoms with Crippen LogP contribution < -0.4 is 0 Å². The molecule has 0 saturated carbocycles. The molecule has 0 aromatic rings. The van der Waals surface area contributed by atoms with Crippen LogP contribution in [-0.2, 0) is 4.79 Å². The van der Waals surface area contributed by atoms with Gasteiger partial charge in [-0.15, -0.1) is 0 Å². The SMILES string of the molecule is CC(C)CC(=O)SCCO. The van der Waals surface area contributed by atoms with Crippen LogP contribution in [0.15, 0.2) is 0 Å². The zero-order valence-electron chi connectivity index (χ0n) is 6.46. The molecule has 0 aliphatic rings. The highest BCUT2D eigenvalue weighted by Gasteiger charge is 2.03. The molecule has 0 unspecified atom stereocenters. The molecule has 0 saturated heterocycles. The molecule has 10 heavy (non-hydrogen) atoms. The second kappa shape index (κ2) is 5.74. The fraction of sp³-hybridized carbons (Fsp3) is 0.857. The Kier molecular flexibility index (Phi) is 5.73. The number of carbonyl (C=O) groups is 1. The number of aliphatic hydroxyl groups excluding tert-OH is 1. The molecule has 3 heteroatoms. The van der Waals surface area contributed by atoms with Gasteiger partial charge in [0.25, 0.3) is 0 Å². The first kappa shape index (κ1) is 9.98. The van der Waals surface area contributed by atoms with Crippen molar-refractivity contribution in [3.8, 4) is 0 Å². The van der Waals surface area contributed by atoms with Crippen LogP contribution in [0.25, 0.3) is 0 Å². The van der Waals surface area contributed by atoms with E-state index in [0.717, 1.165) is 0 Å². The Morgan fingerprint density at radius 1 is 1.60 bits per heavy atom. The second-order valence-corrected chi connectivity index (χ2v) is 3.69. The van der Waals surface area contributed by atoms with E-state index >= 15 is 0 Å². The summed E-state index contributed by atoms with van der Waals surface area (Å²) < 4.78 is 0. The molecule has 0 bridgehead atoms. The molecule has 0 radical (unpaired) electrons. The minimum atomic E-state index is 0.0918. The van der Waals surface area contributed by atoms with Gasteiger partial charge in [0.2, 0.25) is 0 Å². The van der Waals surface area contributed by atoms with Crippen LogP contribution in [0.2, 0.25) is 0 Å². The molecule has 0 heterocycles. The van der Waals surface area contributed by atoms with Crippen molar-refractivity contribution >= 4 is 16.9 Å². The van der Waals surface area contributed by atoms with Crippen LogP contribution >= 0.6 is 11.8 Å². The quantitative estimate of drug-likeness (QED) is 0.676. The van der Waals surface area contributed by atoms with Gasteiger partial charge in [0.05, 0.1) is 6.61 Å². The molecule has 2 nitrogen and oxygen atoms in total. The van der Waals surface area contributed by atoms with E-state index in [1.165, 1.54) is 11.8 Å². The fourth-order valence-electron chi connectivity index (χ4n) is 0.552. The highest BCUT2D eigenvalue weighted by molar-refractivity contribution is 8.13. The monoisotopic (exact) mass is 162 g/mol. The molecule has 0 aliphatic carbocycles. The third-order valence-corrected chi connectivity index (χ3v) is 1.80. The average Bonchev–Trinajstić information content (AvgIpc) is 1.82. The number of hydrogen-bond donors (Lipinski definition) is 1. The lowest BCUT2D eigenvalue weighted by Gasteiger charge is -2.00. The Labute approximate surface area is 66.0 Å². The summed E-state index contributed by atoms with van der Waals surface area (Å²) in [5.74, 6) is 0.963. The normalized spacial score (nSPS) is 10.4. The zero-order valence-corrected chi connectivity index (χ0v) is 7.28. The van der Waals surface area contributed by atoms with Crippen molar-refractivity contribution < 1.29 is 9.90 Å². The first-order valence-electron chi connectivity index (χ1n) is 3.43. The predicted molar refractivity (Wildman–Crippen MR) is 44.0 cm³/mol. The lowest BCUT2D eigenvalue weighted by Crippen LogP contribution is -2.00. The zero-order chi connectivity index (χ0) is 7.98. The molecule has 0 atom stereocenters. The number of carbonyl (C=O) groups excluding carboxylic acids is 1. The van der Waals surface area contributed by atoms with Crippen molar-refractivity contribution in [2.75, 3.05) is 12.4 Å². The Bertz CT molecular complexity index is 102. The molecule has 0 fully saturated rings. The van der Waals surface area contributed by atoms with E-state index in [1.807, 2.05) is 13.8 Å². The molecule has 0 amide bonds. The van der Waals surface area contributed by atoms with E-state index < -0.39 is 0 Å². The molecular formula is C7H14O2S. The maximum Gasteiger partial charge on any atom is 0.189 e. The van der Waals surface area contributed by atoms with Gasteiger partial charge in [0.15, 0.2) is 5.12 Å². The van der Waals surface area contributed by atoms with Crippen molar-refractivity contribution in [1.82, 2.24) is 0 Å². The molecule has 0 aliphatic heterocycles. The first-order chi connectivity index (χ1) is 4.66. The molecule has 0 spiro atoms. The van der Waals surface area contributed by atoms with Gasteiger partial charge < -0.3 is 5.11 Å². The van der Waals surface area contributed by atoms with Crippen molar-refractivity contribution in [1.29, 1.82) is 0 Å². The maximum atomic E-state index is 10.9. The lowest BCUT2D eigenvalue weighted by molar-refractivity contribution is -0.111. The van der Waals surface area contributed by atoms with Gasteiger partial charge in [-0.2, -0.15) is 0 Å². The van der Waals surface area contributed by atoms with Gasteiger partial charge in [-0.1, -0.05) is 25.6 Å². The molecule has 60 valence electrons. The summed E-state index contributed by atoms with van der Waals surface area (Å²) in [7, 11) is 0. The summed E-state index contributed by atoms with van der Waals surface area (Å²) in [6.45, 7) is 4.11. The number of aliphatic hydroxyl groups is 1. The molecular weight excluding hydrogens is 148 g/mol.